The smallest absolute Gasteiger partial charge is 0.315 e. The molecule has 0 saturated carbocycles. The third kappa shape index (κ3) is 5.09. The number of carbonyl (C=O) groups is 1. The summed E-state index contributed by atoms with van der Waals surface area (Å²) in [6.07, 6.45) is 1.95. The summed E-state index contributed by atoms with van der Waals surface area (Å²) < 4.78 is 0. The number of amides is 2. The number of hydrogen-bond acceptors (Lipinski definition) is 3. The minimum Gasteiger partial charge on any atom is -0.409 e. The number of nitrogens with one attached hydrogen (secondary N) is 2. The zero-order chi connectivity index (χ0) is 11.9. The van der Waals surface area contributed by atoms with E-state index in [0.717, 1.165) is 12.8 Å². The summed E-state index contributed by atoms with van der Waals surface area (Å²) in [5.74, 6) is -0.0341. The number of amidine groups is 1. The average molecular weight is 216 g/mol. The molecular weight excluding hydrogens is 196 g/mol. The maximum absolute atomic E-state index is 11.3. The summed E-state index contributed by atoms with van der Waals surface area (Å²) in [6.45, 7) is 5.97. The fraction of sp³-hybridized carbons (Fsp3) is 0.778. The molecule has 88 valence electrons. The number of urea groups is 1. The highest BCUT2D eigenvalue weighted by Gasteiger charge is 2.25. The van der Waals surface area contributed by atoms with Crippen molar-refractivity contribution in [3.8, 4) is 0 Å². The number of nitrogens with zero attached hydrogens (tertiary/aromatic N) is 1. The molecule has 0 bridgehead atoms. The summed E-state index contributed by atoms with van der Waals surface area (Å²) in [7, 11) is 0. The molecular formula is C9H20N4O2. The van der Waals surface area contributed by atoms with Crippen LogP contribution in [-0.4, -0.2) is 29.2 Å². The summed E-state index contributed by atoms with van der Waals surface area (Å²) in [5.41, 5.74) is 4.56. The average Bonchev–Trinajstić information content (AvgIpc) is 2.16. The van der Waals surface area contributed by atoms with E-state index in [2.05, 4.69) is 15.8 Å². The van der Waals surface area contributed by atoms with E-state index < -0.39 is 5.54 Å². The van der Waals surface area contributed by atoms with Crippen molar-refractivity contribution in [1.82, 2.24) is 10.6 Å². The Morgan fingerprint density at radius 3 is 2.60 bits per heavy atom. The highest BCUT2D eigenvalue weighted by atomic mass is 16.4. The van der Waals surface area contributed by atoms with Crippen LogP contribution in [0.4, 0.5) is 4.79 Å². The van der Waals surface area contributed by atoms with Crippen LogP contribution in [0.15, 0.2) is 5.16 Å². The molecule has 0 unspecified atom stereocenters. The molecule has 0 saturated heterocycles. The van der Waals surface area contributed by atoms with Crippen molar-refractivity contribution in [3.05, 3.63) is 0 Å². The minimum absolute atomic E-state index is 0.0341. The van der Waals surface area contributed by atoms with Crippen LogP contribution in [0.1, 0.15) is 33.6 Å². The highest BCUT2D eigenvalue weighted by molar-refractivity contribution is 5.92. The normalized spacial score (nSPS) is 12.3. The molecule has 0 aromatic rings. The fourth-order valence-electron chi connectivity index (χ4n) is 0.896. The van der Waals surface area contributed by atoms with Gasteiger partial charge in [0.15, 0.2) is 5.84 Å². The Labute approximate surface area is 89.9 Å². The quantitative estimate of drug-likeness (QED) is 0.178. The van der Waals surface area contributed by atoms with E-state index in [1.54, 1.807) is 13.8 Å². The lowest BCUT2D eigenvalue weighted by Crippen LogP contribution is -2.55. The lowest BCUT2D eigenvalue weighted by Gasteiger charge is -2.24. The SMILES string of the molecule is CCCCNC(=O)NC(C)(C)/C(N)=N/O. The molecule has 0 rings (SSSR count). The molecule has 2 amide bonds. The molecule has 0 heterocycles. The van der Waals surface area contributed by atoms with Gasteiger partial charge in [0, 0.05) is 6.54 Å². The number of nitrogens with two attached hydrogens (primary N) is 1. The van der Waals surface area contributed by atoms with Gasteiger partial charge in [-0.3, -0.25) is 0 Å². The Morgan fingerprint density at radius 1 is 1.53 bits per heavy atom. The molecule has 0 spiro atoms. The van der Waals surface area contributed by atoms with Crippen molar-refractivity contribution in [2.24, 2.45) is 10.9 Å². The molecule has 6 heteroatoms. The van der Waals surface area contributed by atoms with Crippen LogP contribution in [-0.2, 0) is 0 Å². The van der Waals surface area contributed by atoms with Crippen molar-refractivity contribution < 1.29 is 10.0 Å². The predicted octanol–water partition coefficient (Wildman–Crippen LogP) is 0.611. The van der Waals surface area contributed by atoms with Gasteiger partial charge in [-0.1, -0.05) is 18.5 Å². The van der Waals surface area contributed by atoms with Crippen LogP contribution in [0.2, 0.25) is 0 Å². The number of oxime groups is 1. The summed E-state index contributed by atoms with van der Waals surface area (Å²) in [5, 5.41) is 16.6. The van der Waals surface area contributed by atoms with E-state index in [9.17, 15) is 4.79 Å². The molecule has 0 fully saturated rings. The molecule has 0 aromatic carbocycles. The fourth-order valence-corrected chi connectivity index (χ4v) is 0.896. The predicted molar refractivity (Wildman–Crippen MR) is 58.9 cm³/mol. The van der Waals surface area contributed by atoms with Crippen molar-refractivity contribution in [1.29, 1.82) is 0 Å². The Kier molecular flexibility index (Phi) is 5.51. The van der Waals surface area contributed by atoms with Gasteiger partial charge in [-0.15, -0.1) is 0 Å². The van der Waals surface area contributed by atoms with Crippen molar-refractivity contribution in [2.75, 3.05) is 6.54 Å². The van der Waals surface area contributed by atoms with E-state index in [0.29, 0.717) is 6.54 Å². The second-order valence-corrected chi connectivity index (χ2v) is 3.84. The molecule has 0 aliphatic heterocycles. The van der Waals surface area contributed by atoms with Gasteiger partial charge in [0.1, 0.15) is 0 Å². The summed E-state index contributed by atoms with van der Waals surface area (Å²) >= 11 is 0. The molecule has 0 aliphatic rings. The molecule has 6 nitrogen and oxygen atoms in total. The zero-order valence-electron chi connectivity index (χ0n) is 9.50. The zero-order valence-corrected chi connectivity index (χ0v) is 9.50. The molecule has 0 aromatic heterocycles. The molecule has 5 N–H and O–H groups in total. The summed E-state index contributed by atoms with van der Waals surface area (Å²) in [6, 6.07) is -0.319. The van der Waals surface area contributed by atoms with Crippen LogP contribution in [0.3, 0.4) is 0 Å². The molecule has 0 atom stereocenters. The topological polar surface area (TPSA) is 99.7 Å². The van der Waals surface area contributed by atoms with Crippen LogP contribution in [0, 0.1) is 0 Å². The summed E-state index contributed by atoms with van der Waals surface area (Å²) in [4.78, 5) is 11.3. The first-order valence-electron chi connectivity index (χ1n) is 4.98. The van der Waals surface area contributed by atoms with E-state index in [1.165, 1.54) is 0 Å². The van der Waals surface area contributed by atoms with Gasteiger partial charge in [0.05, 0.1) is 5.54 Å². The van der Waals surface area contributed by atoms with E-state index in [-0.39, 0.29) is 11.9 Å². The van der Waals surface area contributed by atoms with Gasteiger partial charge in [0.25, 0.3) is 0 Å². The molecule has 0 radical (unpaired) electrons. The van der Waals surface area contributed by atoms with Gasteiger partial charge in [-0.2, -0.15) is 0 Å². The van der Waals surface area contributed by atoms with Crippen LogP contribution < -0.4 is 16.4 Å². The highest BCUT2D eigenvalue weighted by Crippen LogP contribution is 2.01. The van der Waals surface area contributed by atoms with Crippen molar-refractivity contribution in [3.63, 3.8) is 0 Å². The minimum atomic E-state index is -0.856. The monoisotopic (exact) mass is 216 g/mol. The largest absolute Gasteiger partial charge is 0.409 e. The van der Waals surface area contributed by atoms with Crippen molar-refractivity contribution in [2.45, 2.75) is 39.2 Å². The third-order valence-corrected chi connectivity index (χ3v) is 1.99. The van der Waals surface area contributed by atoms with Gasteiger partial charge in [0.2, 0.25) is 0 Å². The van der Waals surface area contributed by atoms with Gasteiger partial charge >= 0.3 is 6.03 Å². The van der Waals surface area contributed by atoms with Gasteiger partial charge < -0.3 is 21.6 Å². The van der Waals surface area contributed by atoms with E-state index >= 15 is 0 Å². The number of unbranched alkanes of at least 4 members (excludes halogenated alkanes) is 1. The van der Waals surface area contributed by atoms with Crippen molar-refractivity contribution >= 4 is 11.9 Å². The van der Waals surface area contributed by atoms with E-state index in [4.69, 9.17) is 10.9 Å². The van der Waals surface area contributed by atoms with E-state index in [1.807, 2.05) is 6.92 Å². The van der Waals surface area contributed by atoms with Gasteiger partial charge in [-0.05, 0) is 20.3 Å². The first-order valence-corrected chi connectivity index (χ1v) is 4.98. The maximum Gasteiger partial charge on any atom is 0.315 e. The Hall–Kier alpha value is -1.46. The maximum atomic E-state index is 11.3. The van der Waals surface area contributed by atoms with Gasteiger partial charge in [-0.25, -0.2) is 4.79 Å². The molecule has 15 heavy (non-hydrogen) atoms. The Balaban J connectivity index is 4.05. The van der Waals surface area contributed by atoms with Crippen LogP contribution in [0.25, 0.3) is 0 Å². The second-order valence-electron chi connectivity index (χ2n) is 3.84. The number of hydrogen-bond donors (Lipinski definition) is 4. The van der Waals surface area contributed by atoms with Crippen LogP contribution >= 0.6 is 0 Å². The standard InChI is InChI=1S/C9H20N4O2/c1-4-5-6-11-8(14)12-9(2,3)7(10)13-15/h15H,4-6H2,1-3H3,(H2,10,13)(H2,11,12,14). The Bertz CT molecular complexity index is 238. The lowest BCUT2D eigenvalue weighted by molar-refractivity contribution is 0.234. The second kappa shape index (κ2) is 6.10. The Morgan fingerprint density at radius 2 is 2.13 bits per heavy atom. The number of rotatable bonds is 5. The first-order chi connectivity index (χ1) is 6.94. The first kappa shape index (κ1) is 13.5. The third-order valence-electron chi connectivity index (χ3n) is 1.99. The van der Waals surface area contributed by atoms with Crippen LogP contribution in [0.5, 0.6) is 0 Å². The number of carbonyl (C=O) groups excluding carboxylic acids is 1. The lowest BCUT2D eigenvalue weighted by atomic mass is 10.1. The molecule has 0 aliphatic carbocycles.